The molecular formula is C13H17N3O2S. The standard InChI is InChI=1S/C13H17N3O2S/c1-2-13-15-8-10-16(13)9-7-11-3-5-12(6-4-11)19(14,17)18/h3-6,8,10H,2,7,9H2,1H3,(H2,14,17,18). The summed E-state index contributed by atoms with van der Waals surface area (Å²) >= 11 is 0. The maximum Gasteiger partial charge on any atom is 0.238 e. The van der Waals surface area contributed by atoms with Gasteiger partial charge < -0.3 is 4.57 Å². The van der Waals surface area contributed by atoms with Crippen LogP contribution in [0.25, 0.3) is 0 Å². The third kappa shape index (κ3) is 3.42. The molecule has 0 radical (unpaired) electrons. The van der Waals surface area contributed by atoms with Crippen molar-refractivity contribution in [3.63, 3.8) is 0 Å². The molecule has 2 rings (SSSR count). The maximum atomic E-state index is 11.1. The van der Waals surface area contributed by atoms with Gasteiger partial charge in [0.2, 0.25) is 10.0 Å². The summed E-state index contributed by atoms with van der Waals surface area (Å²) in [5.41, 5.74) is 1.07. The van der Waals surface area contributed by atoms with Crippen molar-refractivity contribution in [2.24, 2.45) is 5.14 Å². The van der Waals surface area contributed by atoms with Crippen LogP contribution < -0.4 is 5.14 Å². The van der Waals surface area contributed by atoms with E-state index in [1.54, 1.807) is 30.5 Å². The summed E-state index contributed by atoms with van der Waals surface area (Å²) in [6.45, 7) is 2.90. The van der Waals surface area contributed by atoms with Crippen LogP contribution in [-0.2, 0) is 29.4 Å². The number of aromatic nitrogens is 2. The van der Waals surface area contributed by atoms with E-state index in [2.05, 4.69) is 16.5 Å². The maximum absolute atomic E-state index is 11.1. The summed E-state index contributed by atoms with van der Waals surface area (Å²) in [4.78, 5) is 4.41. The van der Waals surface area contributed by atoms with Crippen LogP contribution in [-0.4, -0.2) is 18.0 Å². The number of imidazole rings is 1. The first-order valence-electron chi connectivity index (χ1n) is 6.12. The fourth-order valence-corrected chi connectivity index (χ4v) is 2.47. The first kappa shape index (κ1) is 13.8. The largest absolute Gasteiger partial charge is 0.335 e. The molecule has 0 amide bonds. The minimum absolute atomic E-state index is 0.146. The molecule has 0 saturated carbocycles. The van der Waals surface area contributed by atoms with Crippen molar-refractivity contribution in [3.8, 4) is 0 Å². The number of benzene rings is 1. The minimum Gasteiger partial charge on any atom is -0.335 e. The van der Waals surface area contributed by atoms with Gasteiger partial charge in [-0.2, -0.15) is 0 Å². The van der Waals surface area contributed by atoms with Crippen LogP contribution in [0.5, 0.6) is 0 Å². The normalized spacial score (nSPS) is 11.7. The van der Waals surface area contributed by atoms with Crippen molar-refractivity contribution in [3.05, 3.63) is 48.0 Å². The van der Waals surface area contributed by atoms with E-state index >= 15 is 0 Å². The molecule has 0 aliphatic rings. The zero-order chi connectivity index (χ0) is 13.9. The third-order valence-corrected chi connectivity index (χ3v) is 3.94. The summed E-state index contributed by atoms with van der Waals surface area (Å²) in [6, 6.07) is 6.67. The Kier molecular flexibility index (Phi) is 4.01. The molecule has 1 aromatic heterocycles. The number of hydrogen-bond acceptors (Lipinski definition) is 3. The van der Waals surface area contributed by atoms with E-state index in [0.717, 1.165) is 30.8 Å². The molecule has 102 valence electrons. The number of nitrogens with zero attached hydrogens (tertiary/aromatic N) is 2. The second-order valence-corrected chi connectivity index (χ2v) is 5.89. The molecule has 0 bridgehead atoms. The first-order valence-corrected chi connectivity index (χ1v) is 7.67. The van der Waals surface area contributed by atoms with Crippen molar-refractivity contribution in [1.29, 1.82) is 0 Å². The Bertz CT molecular complexity index is 645. The molecule has 0 atom stereocenters. The van der Waals surface area contributed by atoms with Gasteiger partial charge in [-0.3, -0.25) is 0 Å². The summed E-state index contributed by atoms with van der Waals surface area (Å²) in [7, 11) is -3.60. The lowest BCUT2D eigenvalue weighted by Gasteiger charge is -2.07. The second-order valence-electron chi connectivity index (χ2n) is 4.33. The summed E-state index contributed by atoms with van der Waals surface area (Å²) in [5, 5.41) is 5.06. The van der Waals surface area contributed by atoms with E-state index < -0.39 is 10.0 Å². The Morgan fingerprint density at radius 2 is 1.95 bits per heavy atom. The van der Waals surface area contributed by atoms with E-state index in [1.807, 2.05) is 6.20 Å². The van der Waals surface area contributed by atoms with Crippen molar-refractivity contribution in [1.82, 2.24) is 9.55 Å². The number of aryl methyl sites for hydroxylation is 3. The van der Waals surface area contributed by atoms with Gasteiger partial charge in [-0.05, 0) is 24.1 Å². The van der Waals surface area contributed by atoms with Crippen molar-refractivity contribution < 1.29 is 8.42 Å². The molecule has 2 aromatic rings. The average molecular weight is 279 g/mol. The highest BCUT2D eigenvalue weighted by Crippen LogP contribution is 2.10. The monoisotopic (exact) mass is 279 g/mol. The predicted octanol–water partition coefficient (Wildman–Crippen LogP) is 1.34. The zero-order valence-corrected chi connectivity index (χ0v) is 11.6. The van der Waals surface area contributed by atoms with Crippen LogP contribution in [0.1, 0.15) is 18.3 Å². The van der Waals surface area contributed by atoms with Crippen LogP contribution in [0.2, 0.25) is 0 Å². The molecule has 1 aromatic carbocycles. The van der Waals surface area contributed by atoms with Crippen LogP contribution in [0.4, 0.5) is 0 Å². The third-order valence-electron chi connectivity index (χ3n) is 3.01. The van der Waals surface area contributed by atoms with Gasteiger partial charge in [0, 0.05) is 25.4 Å². The topological polar surface area (TPSA) is 78.0 Å². The number of sulfonamides is 1. The minimum atomic E-state index is -3.60. The van der Waals surface area contributed by atoms with Gasteiger partial charge in [0.1, 0.15) is 5.82 Å². The van der Waals surface area contributed by atoms with Gasteiger partial charge in [-0.15, -0.1) is 0 Å². The Labute approximate surface area is 113 Å². The summed E-state index contributed by atoms with van der Waals surface area (Å²) in [6.07, 6.45) is 5.48. The summed E-state index contributed by atoms with van der Waals surface area (Å²) < 4.78 is 24.4. The van der Waals surface area contributed by atoms with E-state index in [0.29, 0.717) is 0 Å². The van der Waals surface area contributed by atoms with E-state index in [1.165, 1.54) is 0 Å². The Morgan fingerprint density at radius 1 is 1.26 bits per heavy atom. The average Bonchev–Trinajstić information content (AvgIpc) is 2.83. The van der Waals surface area contributed by atoms with Gasteiger partial charge in [-0.25, -0.2) is 18.5 Å². The molecule has 0 fully saturated rings. The van der Waals surface area contributed by atoms with Gasteiger partial charge in [-0.1, -0.05) is 19.1 Å². The zero-order valence-electron chi connectivity index (χ0n) is 10.8. The number of rotatable bonds is 5. The predicted molar refractivity (Wildman–Crippen MR) is 73.1 cm³/mol. The lowest BCUT2D eigenvalue weighted by Crippen LogP contribution is -2.12. The molecule has 0 unspecified atom stereocenters. The molecule has 1 heterocycles. The van der Waals surface area contributed by atoms with E-state index in [9.17, 15) is 8.42 Å². The summed E-state index contributed by atoms with van der Waals surface area (Å²) in [5.74, 6) is 1.06. The van der Waals surface area contributed by atoms with Crippen LogP contribution >= 0.6 is 0 Å². The lowest BCUT2D eigenvalue weighted by atomic mass is 10.1. The van der Waals surface area contributed by atoms with Crippen molar-refractivity contribution in [2.75, 3.05) is 0 Å². The molecule has 6 heteroatoms. The van der Waals surface area contributed by atoms with E-state index in [4.69, 9.17) is 5.14 Å². The quantitative estimate of drug-likeness (QED) is 0.897. The molecule has 0 aliphatic heterocycles. The SMILES string of the molecule is CCc1nccn1CCc1ccc(S(N)(=O)=O)cc1. The molecule has 2 N–H and O–H groups in total. The molecule has 19 heavy (non-hydrogen) atoms. The molecule has 0 aliphatic carbocycles. The van der Waals surface area contributed by atoms with Crippen LogP contribution in [0.3, 0.4) is 0 Å². The lowest BCUT2D eigenvalue weighted by molar-refractivity contribution is 0.597. The Balaban J connectivity index is 2.05. The van der Waals surface area contributed by atoms with Gasteiger partial charge in [0.05, 0.1) is 4.90 Å². The number of primary sulfonamides is 1. The number of hydrogen-bond donors (Lipinski definition) is 1. The van der Waals surface area contributed by atoms with Crippen LogP contribution in [0.15, 0.2) is 41.6 Å². The fraction of sp³-hybridized carbons (Fsp3) is 0.308. The van der Waals surface area contributed by atoms with Crippen LogP contribution in [0, 0.1) is 0 Å². The highest BCUT2D eigenvalue weighted by Gasteiger charge is 2.07. The molecule has 5 nitrogen and oxygen atoms in total. The first-order chi connectivity index (χ1) is 9.00. The van der Waals surface area contributed by atoms with Crippen molar-refractivity contribution >= 4 is 10.0 Å². The van der Waals surface area contributed by atoms with Crippen molar-refractivity contribution in [2.45, 2.75) is 31.2 Å². The molecular weight excluding hydrogens is 262 g/mol. The number of nitrogens with two attached hydrogens (primary N) is 1. The second kappa shape index (κ2) is 5.54. The highest BCUT2D eigenvalue weighted by atomic mass is 32.2. The Morgan fingerprint density at radius 3 is 2.53 bits per heavy atom. The van der Waals surface area contributed by atoms with Gasteiger partial charge in [0.15, 0.2) is 0 Å². The Hall–Kier alpha value is -1.66. The van der Waals surface area contributed by atoms with E-state index in [-0.39, 0.29) is 4.90 Å². The van der Waals surface area contributed by atoms with Gasteiger partial charge in [0.25, 0.3) is 0 Å². The van der Waals surface area contributed by atoms with Gasteiger partial charge >= 0.3 is 0 Å². The highest BCUT2D eigenvalue weighted by molar-refractivity contribution is 7.89. The fourth-order valence-electron chi connectivity index (χ4n) is 1.95. The molecule has 0 saturated heterocycles. The smallest absolute Gasteiger partial charge is 0.238 e. The molecule has 0 spiro atoms.